The third-order valence-electron chi connectivity index (χ3n) is 3.29. The fraction of sp³-hybridized carbons (Fsp3) is 0.182. The Bertz CT molecular complexity index is 865. The molecule has 0 atom stereocenters. The molecule has 140 valence electrons. The van der Waals surface area contributed by atoms with Crippen molar-refractivity contribution in [3.05, 3.63) is 76.3 Å². The van der Waals surface area contributed by atoms with Gasteiger partial charge in [0, 0.05) is 16.6 Å². The number of ether oxygens (including phenoxy) is 1. The van der Waals surface area contributed by atoms with E-state index in [1.165, 1.54) is 12.2 Å². The molecule has 0 aliphatic carbocycles. The zero-order valence-corrected chi connectivity index (χ0v) is 17.1. The lowest BCUT2D eigenvalue weighted by Gasteiger charge is -2.17. The zero-order chi connectivity index (χ0) is 19.9. The second-order valence-electron chi connectivity index (χ2n) is 6.84. The van der Waals surface area contributed by atoms with Crippen LogP contribution in [0.4, 0.5) is 5.69 Å². The molecule has 0 bridgehead atoms. The second kappa shape index (κ2) is 9.33. The molecule has 0 unspecified atom stereocenters. The molecule has 5 heteroatoms. The van der Waals surface area contributed by atoms with Crippen molar-refractivity contribution in [1.29, 1.82) is 0 Å². The predicted molar refractivity (Wildman–Crippen MR) is 113 cm³/mol. The lowest BCUT2D eigenvalue weighted by atomic mass is 10.1. The molecule has 0 saturated heterocycles. The number of benzene rings is 2. The third kappa shape index (κ3) is 7.62. The van der Waals surface area contributed by atoms with Crippen molar-refractivity contribution in [2.24, 2.45) is 0 Å². The molecule has 0 saturated carbocycles. The summed E-state index contributed by atoms with van der Waals surface area (Å²) in [5, 5.41) is 2.82. The van der Waals surface area contributed by atoms with Crippen LogP contribution in [0.5, 0.6) is 0 Å². The van der Waals surface area contributed by atoms with Crippen LogP contribution in [-0.4, -0.2) is 17.5 Å². The van der Waals surface area contributed by atoms with Gasteiger partial charge in [-0.1, -0.05) is 36.4 Å². The van der Waals surface area contributed by atoms with Crippen molar-refractivity contribution in [1.82, 2.24) is 0 Å². The molecule has 2 rings (SSSR count). The molecule has 2 aromatic carbocycles. The molecule has 4 nitrogen and oxygen atoms in total. The van der Waals surface area contributed by atoms with E-state index in [0.29, 0.717) is 5.69 Å². The molecule has 1 amide bonds. The minimum atomic E-state index is -0.536. The maximum atomic E-state index is 12.2. The lowest BCUT2D eigenvalue weighted by molar-refractivity contribution is -0.148. The number of rotatable bonds is 5. The first-order valence-electron chi connectivity index (χ1n) is 8.48. The van der Waals surface area contributed by atoms with Gasteiger partial charge >= 0.3 is 5.97 Å². The first-order valence-corrected chi connectivity index (χ1v) is 9.27. The van der Waals surface area contributed by atoms with Crippen LogP contribution < -0.4 is 5.32 Å². The number of nitrogens with one attached hydrogen (secondary N) is 1. The first kappa shape index (κ1) is 20.6. The van der Waals surface area contributed by atoms with E-state index in [1.54, 1.807) is 18.2 Å². The molecule has 0 spiro atoms. The number of hydrogen-bond donors (Lipinski definition) is 1. The Morgan fingerprint density at radius 3 is 2.30 bits per heavy atom. The fourth-order valence-corrected chi connectivity index (χ4v) is 2.50. The number of carbonyl (C=O) groups excluding carboxylic acids is 2. The minimum absolute atomic E-state index is 0.243. The van der Waals surface area contributed by atoms with Gasteiger partial charge in [-0.3, -0.25) is 4.79 Å². The highest BCUT2D eigenvalue weighted by molar-refractivity contribution is 9.10. The Morgan fingerprint density at radius 2 is 1.63 bits per heavy atom. The average molecular weight is 428 g/mol. The second-order valence-corrected chi connectivity index (χ2v) is 7.69. The minimum Gasteiger partial charge on any atom is -0.457 e. The molecule has 2 aromatic rings. The molecule has 1 N–H and O–H groups in total. The largest absolute Gasteiger partial charge is 0.457 e. The van der Waals surface area contributed by atoms with Gasteiger partial charge in [0.05, 0.1) is 5.69 Å². The quantitative estimate of drug-likeness (QED) is 0.509. The molecule has 0 heterocycles. The van der Waals surface area contributed by atoms with Crippen LogP contribution in [0.25, 0.3) is 12.2 Å². The van der Waals surface area contributed by atoms with E-state index in [2.05, 4.69) is 21.2 Å². The average Bonchev–Trinajstić information content (AvgIpc) is 2.60. The van der Waals surface area contributed by atoms with Crippen molar-refractivity contribution in [2.75, 3.05) is 5.32 Å². The standard InChI is InChI=1S/C22H22BrNO3/c1-22(2,3)27-21(26)14-11-17-9-12-18(23)19(15-17)24-20(25)13-10-16-7-5-4-6-8-16/h4-15H,1-3H3,(H,24,25)/b13-10?,14-11+. The van der Waals surface area contributed by atoms with Crippen LogP contribution in [0.1, 0.15) is 31.9 Å². The van der Waals surface area contributed by atoms with Crippen LogP contribution in [0.3, 0.4) is 0 Å². The SMILES string of the molecule is CC(C)(C)OC(=O)/C=C/c1ccc(Br)c(NC(=O)C=Cc2ccccc2)c1. The van der Waals surface area contributed by atoms with Gasteiger partial charge in [0.1, 0.15) is 5.60 Å². The molecule has 0 aliphatic rings. The molecule has 0 radical (unpaired) electrons. The van der Waals surface area contributed by atoms with E-state index in [-0.39, 0.29) is 5.91 Å². The summed E-state index contributed by atoms with van der Waals surface area (Å²) in [5.41, 5.74) is 1.79. The molecular formula is C22H22BrNO3. The number of halogens is 1. The lowest BCUT2D eigenvalue weighted by Crippen LogP contribution is -2.22. The number of anilines is 1. The Kier molecular flexibility index (Phi) is 7.13. The zero-order valence-electron chi connectivity index (χ0n) is 15.5. The third-order valence-corrected chi connectivity index (χ3v) is 3.99. The highest BCUT2D eigenvalue weighted by Crippen LogP contribution is 2.24. The van der Waals surface area contributed by atoms with E-state index in [4.69, 9.17) is 4.74 Å². The smallest absolute Gasteiger partial charge is 0.331 e. The molecule has 27 heavy (non-hydrogen) atoms. The highest BCUT2D eigenvalue weighted by Gasteiger charge is 2.13. The molecule has 0 aromatic heterocycles. The van der Waals surface area contributed by atoms with Crippen molar-refractivity contribution in [2.45, 2.75) is 26.4 Å². The van der Waals surface area contributed by atoms with Crippen molar-refractivity contribution in [3.8, 4) is 0 Å². The Balaban J connectivity index is 2.05. The van der Waals surface area contributed by atoms with Gasteiger partial charge < -0.3 is 10.1 Å². The monoisotopic (exact) mass is 427 g/mol. The summed E-state index contributed by atoms with van der Waals surface area (Å²) in [4.78, 5) is 23.9. The van der Waals surface area contributed by atoms with Crippen LogP contribution in [0.15, 0.2) is 65.2 Å². The summed E-state index contributed by atoms with van der Waals surface area (Å²) in [7, 11) is 0. The van der Waals surface area contributed by atoms with Crippen LogP contribution in [-0.2, 0) is 14.3 Å². The predicted octanol–water partition coefficient (Wildman–Crippen LogP) is 5.46. The van der Waals surface area contributed by atoms with Crippen molar-refractivity contribution in [3.63, 3.8) is 0 Å². The van der Waals surface area contributed by atoms with Crippen molar-refractivity contribution >= 4 is 45.6 Å². The number of amides is 1. The van der Waals surface area contributed by atoms with Crippen LogP contribution >= 0.6 is 15.9 Å². The van der Waals surface area contributed by atoms with Crippen LogP contribution in [0.2, 0.25) is 0 Å². The van der Waals surface area contributed by atoms with Gasteiger partial charge in [0.15, 0.2) is 0 Å². The van der Waals surface area contributed by atoms with Crippen molar-refractivity contribution < 1.29 is 14.3 Å². The first-order chi connectivity index (χ1) is 12.7. The Labute approximate surface area is 168 Å². The molecular weight excluding hydrogens is 406 g/mol. The van der Waals surface area contributed by atoms with E-state index >= 15 is 0 Å². The summed E-state index contributed by atoms with van der Waals surface area (Å²) in [6.45, 7) is 5.44. The summed E-state index contributed by atoms with van der Waals surface area (Å²) >= 11 is 3.42. The summed E-state index contributed by atoms with van der Waals surface area (Å²) < 4.78 is 5.99. The van der Waals surface area contributed by atoms with E-state index in [0.717, 1.165) is 15.6 Å². The topological polar surface area (TPSA) is 55.4 Å². The molecule has 0 fully saturated rings. The normalized spacial score (nSPS) is 11.7. The van der Waals surface area contributed by atoms with Crippen LogP contribution in [0, 0.1) is 0 Å². The van der Waals surface area contributed by atoms with Gasteiger partial charge in [-0.05, 0) is 72.1 Å². The van der Waals surface area contributed by atoms with Gasteiger partial charge in [-0.15, -0.1) is 0 Å². The summed E-state index contributed by atoms with van der Waals surface area (Å²) in [6.07, 6.45) is 6.24. The van der Waals surface area contributed by atoms with E-state index < -0.39 is 11.6 Å². The summed E-state index contributed by atoms with van der Waals surface area (Å²) in [5.74, 6) is -0.658. The maximum absolute atomic E-state index is 12.2. The number of esters is 1. The number of carbonyl (C=O) groups is 2. The van der Waals surface area contributed by atoms with Gasteiger partial charge in [0.2, 0.25) is 5.91 Å². The van der Waals surface area contributed by atoms with E-state index in [9.17, 15) is 9.59 Å². The van der Waals surface area contributed by atoms with Gasteiger partial charge in [0.25, 0.3) is 0 Å². The highest BCUT2D eigenvalue weighted by atomic mass is 79.9. The number of hydrogen-bond acceptors (Lipinski definition) is 3. The van der Waals surface area contributed by atoms with Gasteiger partial charge in [-0.2, -0.15) is 0 Å². The Hall–Kier alpha value is -2.66. The molecule has 0 aliphatic heterocycles. The van der Waals surface area contributed by atoms with Gasteiger partial charge in [-0.25, -0.2) is 4.79 Å². The maximum Gasteiger partial charge on any atom is 0.331 e. The Morgan fingerprint density at radius 1 is 0.963 bits per heavy atom. The summed E-state index contributed by atoms with van der Waals surface area (Å²) in [6, 6.07) is 15.0. The fourth-order valence-electron chi connectivity index (χ4n) is 2.15. The van der Waals surface area contributed by atoms with E-state index in [1.807, 2.05) is 63.2 Å².